The average molecular weight is 358 g/mol. The molecule has 1 amide bonds. The van der Waals surface area contributed by atoms with Crippen LogP contribution in [-0.4, -0.2) is 54.7 Å². The topological polar surface area (TPSA) is 60.9 Å². The summed E-state index contributed by atoms with van der Waals surface area (Å²) < 4.78 is 39.1. The molecule has 0 saturated carbocycles. The van der Waals surface area contributed by atoms with Gasteiger partial charge in [-0.3, -0.25) is 9.59 Å². The van der Waals surface area contributed by atoms with Crippen LogP contribution < -0.4 is 4.90 Å². The maximum absolute atomic E-state index is 13.0. The van der Waals surface area contributed by atoms with Crippen LogP contribution in [0.5, 0.6) is 0 Å². The maximum atomic E-state index is 13.0. The normalized spacial score (nSPS) is 20.6. The predicted octanol–water partition coefficient (Wildman–Crippen LogP) is 2.87. The van der Waals surface area contributed by atoms with Crippen molar-refractivity contribution in [2.24, 2.45) is 11.8 Å². The van der Waals surface area contributed by atoms with Crippen molar-refractivity contribution >= 4 is 17.6 Å². The van der Waals surface area contributed by atoms with Gasteiger partial charge in [-0.15, -0.1) is 0 Å². The van der Waals surface area contributed by atoms with E-state index in [1.807, 2.05) is 18.9 Å². The molecule has 1 fully saturated rings. The van der Waals surface area contributed by atoms with Gasteiger partial charge in [0.25, 0.3) is 5.91 Å². The Hall–Kier alpha value is -2.25. The largest absolute Gasteiger partial charge is 0.481 e. The number of hydrogen-bond acceptors (Lipinski definition) is 3. The number of rotatable bonds is 5. The first-order valence-electron chi connectivity index (χ1n) is 8.05. The van der Waals surface area contributed by atoms with Crippen LogP contribution >= 0.6 is 0 Å². The lowest BCUT2D eigenvalue weighted by molar-refractivity contribution is -0.187. The fourth-order valence-electron chi connectivity index (χ4n) is 3.06. The maximum Gasteiger partial charge on any atom is 0.394 e. The molecule has 2 atom stereocenters. The van der Waals surface area contributed by atoms with E-state index in [1.54, 1.807) is 24.3 Å². The number of halogens is 3. The Morgan fingerprint density at radius 3 is 2.28 bits per heavy atom. The minimum Gasteiger partial charge on any atom is -0.481 e. The minimum absolute atomic E-state index is 0.251. The van der Waals surface area contributed by atoms with Crippen LogP contribution in [0, 0.1) is 11.8 Å². The number of likely N-dealkylation sites (tertiary alicyclic amines) is 1. The molecule has 8 heteroatoms. The highest BCUT2D eigenvalue weighted by Crippen LogP contribution is 2.38. The molecule has 0 aromatic heterocycles. The van der Waals surface area contributed by atoms with Crippen LogP contribution in [0.3, 0.4) is 0 Å². The number of carboxylic acid groups (broad SMARTS) is 1. The summed E-state index contributed by atoms with van der Waals surface area (Å²) in [6.07, 6.45) is -3.69. The summed E-state index contributed by atoms with van der Waals surface area (Å²) in [5, 5.41) is 9.02. The molecule has 0 spiro atoms. The number of nitrogens with zero attached hydrogens (tertiary/aromatic N) is 2. The molecule has 1 aliphatic heterocycles. The van der Waals surface area contributed by atoms with E-state index in [0.717, 1.165) is 23.6 Å². The first-order valence-corrected chi connectivity index (χ1v) is 8.05. The molecule has 1 aromatic rings. The molecular weight excluding hydrogens is 337 g/mol. The van der Waals surface area contributed by atoms with Crippen LogP contribution in [0.2, 0.25) is 0 Å². The zero-order chi connectivity index (χ0) is 18.8. The number of carbonyl (C=O) groups is 2. The SMILES string of the molecule is CCCN(C)c1ccc(C(=O)N2C[C@@H](C(F)(F)F)[C@H](C(=O)O)C2)cc1. The Kier molecular flexibility index (Phi) is 5.59. The third kappa shape index (κ3) is 4.24. The van der Waals surface area contributed by atoms with Gasteiger partial charge >= 0.3 is 12.1 Å². The van der Waals surface area contributed by atoms with E-state index >= 15 is 0 Å². The first kappa shape index (κ1) is 19.1. The number of aliphatic carboxylic acids is 1. The van der Waals surface area contributed by atoms with E-state index in [4.69, 9.17) is 5.11 Å². The molecule has 5 nitrogen and oxygen atoms in total. The van der Waals surface area contributed by atoms with Gasteiger partial charge in [-0.2, -0.15) is 13.2 Å². The zero-order valence-corrected chi connectivity index (χ0v) is 14.1. The summed E-state index contributed by atoms with van der Waals surface area (Å²) in [5.41, 5.74) is 1.15. The van der Waals surface area contributed by atoms with Crippen molar-refractivity contribution < 1.29 is 27.9 Å². The van der Waals surface area contributed by atoms with Crippen LogP contribution in [0.15, 0.2) is 24.3 Å². The fourth-order valence-corrected chi connectivity index (χ4v) is 3.06. The first-order chi connectivity index (χ1) is 11.6. The zero-order valence-electron chi connectivity index (χ0n) is 14.1. The van der Waals surface area contributed by atoms with Crippen molar-refractivity contribution in [1.82, 2.24) is 4.90 Å². The van der Waals surface area contributed by atoms with Crippen molar-refractivity contribution in [2.45, 2.75) is 19.5 Å². The molecule has 0 aliphatic carbocycles. The predicted molar refractivity (Wildman–Crippen MR) is 86.6 cm³/mol. The van der Waals surface area contributed by atoms with Gasteiger partial charge in [-0.1, -0.05) is 6.92 Å². The molecule has 0 radical (unpaired) electrons. The molecule has 138 valence electrons. The number of hydrogen-bond donors (Lipinski definition) is 1. The second-order valence-corrected chi connectivity index (χ2v) is 6.27. The number of benzene rings is 1. The summed E-state index contributed by atoms with van der Waals surface area (Å²) in [6, 6.07) is 6.57. The lowest BCUT2D eigenvalue weighted by Crippen LogP contribution is -2.34. The lowest BCUT2D eigenvalue weighted by Gasteiger charge is -2.20. The summed E-state index contributed by atoms with van der Waals surface area (Å²) in [7, 11) is 1.91. The highest BCUT2D eigenvalue weighted by molar-refractivity contribution is 5.95. The molecule has 1 saturated heterocycles. The van der Waals surface area contributed by atoms with Crippen molar-refractivity contribution in [3.63, 3.8) is 0 Å². The van der Waals surface area contributed by atoms with E-state index in [1.165, 1.54) is 0 Å². The Balaban J connectivity index is 2.14. The Morgan fingerprint density at radius 1 is 1.24 bits per heavy atom. The molecular formula is C17H21F3N2O3. The second kappa shape index (κ2) is 7.33. The molecule has 2 rings (SSSR count). The molecule has 1 aliphatic rings. The molecule has 1 N–H and O–H groups in total. The summed E-state index contributed by atoms with van der Waals surface area (Å²) in [6.45, 7) is 1.82. The van der Waals surface area contributed by atoms with Gasteiger partial charge < -0.3 is 14.9 Å². The third-order valence-electron chi connectivity index (χ3n) is 4.46. The van der Waals surface area contributed by atoms with Gasteiger partial charge in [0.2, 0.25) is 0 Å². The highest BCUT2D eigenvalue weighted by atomic mass is 19.4. The molecule has 1 heterocycles. The van der Waals surface area contributed by atoms with Gasteiger partial charge in [0.05, 0.1) is 11.8 Å². The lowest BCUT2D eigenvalue weighted by atomic mass is 9.96. The van der Waals surface area contributed by atoms with E-state index < -0.39 is 43.0 Å². The van der Waals surface area contributed by atoms with Gasteiger partial charge in [0, 0.05) is 37.9 Å². The number of anilines is 1. The fraction of sp³-hybridized carbons (Fsp3) is 0.529. The van der Waals surface area contributed by atoms with Crippen molar-refractivity contribution in [3.05, 3.63) is 29.8 Å². The summed E-state index contributed by atoms with van der Waals surface area (Å²) in [5.74, 6) is -5.78. The van der Waals surface area contributed by atoms with Crippen LogP contribution in [0.25, 0.3) is 0 Å². The molecule has 0 unspecified atom stereocenters. The van der Waals surface area contributed by atoms with Gasteiger partial charge in [0.15, 0.2) is 0 Å². The van der Waals surface area contributed by atoms with E-state index in [-0.39, 0.29) is 5.56 Å². The Labute approximate surface area is 144 Å². The van der Waals surface area contributed by atoms with Gasteiger partial charge in [-0.05, 0) is 30.7 Å². The Bertz CT molecular complexity index is 631. The smallest absolute Gasteiger partial charge is 0.394 e. The van der Waals surface area contributed by atoms with Crippen LogP contribution in [-0.2, 0) is 4.79 Å². The monoisotopic (exact) mass is 358 g/mol. The van der Waals surface area contributed by atoms with Crippen molar-refractivity contribution in [1.29, 1.82) is 0 Å². The van der Waals surface area contributed by atoms with Crippen molar-refractivity contribution in [2.75, 3.05) is 31.6 Å². The van der Waals surface area contributed by atoms with Crippen molar-refractivity contribution in [3.8, 4) is 0 Å². The summed E-state index contributed by atoms with van der Waals surface area (Å²) in [4.78, 5) is 26.5. The van der Waals surface area contributed by atoms with E-state index in [9.17, 15) is 22.8 Å². The van der Waals surface area contributed by atoms with Gasteiger partial charge in [0.1, 0.15) is 0 Å². The van der Waals surface area contributed by atoms with Gasteiger partial charge in [-0.25, -0.2) is 0 Å². The average Bonchev–Trinajstić information content (AvgIpc) is 3.00. The molecule has 1 aromatic carbocycles. The molecule has 25 heavy (non-hydrogen) atoms. The molecule has 0 bridgehead atoms. The van der Waals surface area contributed by atoms with Crippen LogP contribution in [0.4, 0.5) is 18.9 Å². The minimum atomic E-state index is -4.65. The highest BCUT2D eigenvalue weighted by Gasteiger charge is 2.53. The standard InChI is InChI=1S/C17H21F3N2O3/c1-3-8-21(2)12-6-4-11(5-7-12)15(23)22-9-13(16(24)25)14(10-22)17(18,19)20/h4-7,13-14H,3,8-10H2,1-2H3,(H,24,25)/t13-,14-/m1/s1. The third-order valence-corrected chi connectivity index (χ3v) is 4.46. The number of amides is 1. The van der Waals surface area contributed by atoms with E-state index in [2.05, 4.69) is 0 Å². The Morgan fingerprint density at radius 2 is 1.84 bits per heavy atom. The second-order valence-electron chi connectivity index (χ2n) is 6.27. The quantitative estimate of drug-likeness (QED) is 0.879. The number of alkyl halides is 3. The van der Waals surface area contributed by atoms with Crippen LogP contribution in [0.1, 0.15) is 23.7 Å². The summed E-state index contributed by atoms with van der Waals surface area (Å²) >= 11 is 0. The number of carbonyl (C=O) groups excluding carboxylic acids is 1. The number of carboxylic acids is 1. The van der Waals surface area contributed by atoms with E-state index in [0.29, 0.717) is 0 Å².